The van der Waals surface area contributed by atoms with E-state index >= 15 is 0 Å². The van der Waals surface area contributed by atoms with Crippen molar-refractivity contribution in [2.75, 3.05) is 21.7 Å². The minimum absolute atomic E-state index is 0.0873. The number of rotatable bonds is 7. The summed E-state index contributed by atoms with van der Waals surface area (Å²) in [6, 6.07) is 13.5. The third-order valence-corrected chi connectivity index (χ3v) is 5.44. The van der Waals surface area contributed by atoms with Gasteiger partial charge in [-0.2, -0.15) is 0 Å². The van der Waals surface area contributed by atoms with Crippen LogP contribution < -0.4 is 16.0 Å². The van der Waals surface area contributed by atoms with E-state index in [-0.39, 0.29) is 23.5 Å². The molecule has 172 valence electrons. The lowest BCUT2D eigenvalue weighted by Gasteiger charge is -2.17. The van der Waals surface area contributed by atoms with Crippen LogP contribution in [-0.4, -0.2) is 43.7 Å². The van der Waals surface area contributed by atoms with Crippen LogP contribution >= 0.6 is 11.8 Å². The number of tetrazole rings is 1. The van der Waals surface area contributed by atoms with Crippen molar-refractivity contribution in [3.8, 4) is 0 Å². The number of aryl methyl sites for hydroxylation is 1. The molecule has 0 unspecified atom stereocenters. The molecular weight excluding hydrogens is 442 g/mol. The first kappa shape index (κ1) is 23.9. The average Bonchev–Trinajstić information content (AvgIpc) is 3.18. The number of benzene rings is 2. The molecule has 0 bridgehead atoms. The van der Waals surface area contributed by atoms with E-state index in [0.717, 1.165) is 0 Å². The highest BCUT2D eigenvalue weighted by Gasteiger charge is 2.21. The fraction of sp³-hybridized carbons (Fsp3) is 0.273. The number of hydrogen-bond acceptors (Lipinski definition) is 7. The fourth-order valence-corrected chi connectivity index (χ4v) is 3.18. The van der Waals surface area contributed by atoms with Crippen molar-refractivity contribution in [1.82, 2.24) is 20.2 Å². The Kier molecular flexibility index (Phi) is 7.44. The van der Waals surface area contributed by atoms with Crippen LogP contribution in [0.3, 0.4) is 0 Å². The predicted octanol–water partition coefficient (Wildman–Crippen LogP) is 3.18. The normalized spacial score (nSPS) is 11.0. The Labute approximate surface area is 195 Å². The molecule has 0 saturated carbocycles. The number of nitrogens with zero attached hydrogens (tertiary/aromatic N) is 4. The van der Waals surface area contributed by atoms with Gasteiger partial charge in [0.15, 0.2) is 0 Å². The fourth-order valence-electron chi connectivity index (χ4n) is 2.53. The number of thioether (sulfide) groups is 1. The van der Waals surface area contributed by atoms with Gasteiger partial charge in [-0.05, 0) is 59.0 Å². The molecule has 3 amide bonds. The van der Waals surface area contributed by atoms with Crippen molar-refractivity contribution in [3.63, 3.8) is 0 Å². The molecule has 10 nitrogen and oxygen atoms in total. The molecule has 0 aliphatic heterocycles. The van der Waals surface area contributed by atoms with Gasteiger partial charge in [-0.15, -0.1) is 5.10 Å². The van der Waals surface area contributed by atoms with Gasteiger partial charge in [0.25, 0.3) is 5.91 Å². The van der Waals surface area contributed by atoms with E-state index < -0.39 is 5.41 Å². The Hall–Kier alpha value is -3.73. The molecule has 0 fully saturated rings. The Morgan fingerprint density at radius 3 is 1.97 bits per heavy atom. The zero-order chi connectivity index (χ0) is 24.0. The number of hydrogen-bond donors (Lipinski definition) is 3. The highest BCUT2D eigenvalue weighted by Crippen LogP contribution is 2.20. The maximum Gasteiger partial charge on any atom is 0.255 e. The van der Waals surface area contributed by atoms with E-state index in [1.54, 1.807) is 55.6 Å². The highest BCUT2D eigenvalue weighted by atomic mass is 32.2. The molecule has 33 heavy (non-hydrogen) atoms. The van der Waals surface area contributed by atoms with Crippen molar-refractivity contribution in [3.05, 3.63) is 54.1 Å². The van der Waals surface area contributed by atoms with Gasteiger partial charge < -0.3 is 16.0 Å². The van der Waals surface area contributed by atoms with Crippen LogP contribution in [-0.2, 0) is 16.6 Å². The second-order valence-electron chi connectivity index (χ2n) is 8.23. The van der Waals surface area contributed by atoms with Crippen molar-refractivity contribution in [2.45, 2.75) is 25.9 Å². The number of carbonyl (C=O) groups excluding carboxylic acids is 3. The number of amides is 3. The Bertz CT molecular complexity index is 1140. The van der Waals surface area contributed by atoms with Gasteiger partial charge >= 0.3 is 0 Å². The van der Waals surface area contributed by atoms with Crippen molar-refractivity contribution in [1.29, 1.82) is 0 Å². The number of aromatic nitrogens is 4. The molecule has 0 aliphatic carbocycles. The maximum absolute atomic E-state index is 12.5. The monoisotopic (exact) mass is 467 g/mol. The third-order valence-electron chi connectivity index (χ3n) is 4.43. The number of carbonyl (C=O) groups is 3. The molecular formula is C22H25N7O3S. The van der Waals surface area contributed by atoms with Crippen molar-refractivity contribution >= 4 is 46.5 Å². The lowest BCUT2D eigenvalue weighted by Crippen LogP contribution is -2.27. The zero-order valence-corrected chi connectivity index (χ0v) is 19.6. The van der Waals surface area contributed by atoms with Crippen LogP contribution in [0.4, 0.5) is 17.1 Å². The molecule has 0 aliphatic rings. The van der Waals surface area contributed by atoms with Crippen LogP contribution in [0.1, 0.15) is 31.1 Å². The summed E-state index contributed by atoms with van der Waals surface area (Å²) in [6.07, 6.45) is 0. The van der Waals surface area contributed by atoms with Gasteiger partial charge in [0.05, 0.1) is 5.75 Å². The third kappa shape index (κ3) is 6.88. The predicted molar refractivity (Wildman–Crippen MR) is 127 cm³/mol. The van der Waals surface area contributed by atoms with E-state index in [9.17, 15) is 14.4 Å². The summed E-state index contributed by atoms with van der Waals surface area (Å²) in [7, 11) is 1.70. The molecule has 3 rings (SSSR count). The summed E-state index contributed by atoms with van der Waals surface area (Å²) in [5.41, 5.74) is 1.78. The lowest BCUT2D eigenvalue weighted by molar-refractivity contribution is -0.123. The largest absolute Gasteiger partial charge is 0.326 e. The van der Waals surface area contributed by atoms with Crippen LogP contribution in [0.15, 0.2) is 53.7 Å². The minimum atomic E-state index is -0.495. The second kappa shape index (κ2) is 10.3. The Morgan fingerprint density at radius 2 is 1.42 bits per heavy atom. The molecule has 0 radical (unpaired) electrons. The first-order chi connectivity index (χ1) is 15.6. The van der Waals surface area contributed by atoms with E-state index in [1.807, 2.05) is 20.8 Å². The minimum Gasteiger partial charge on any atom is -0.326 e. The smallest absolute Gasteiger partial charge is 0.255 e. The Morgan fingerprint density at radius 1 is 0.879 bits per heavy atom. The van der Waals surface area contributed by atoms with Crippen LogP contribution in [0.5, 0.6) is 0 Å². The van der Waals surface area contributed by atoms with Gasteiger partial charge in [-0.1, -0.05) is 32.5 Å². The van der Waals surface area contributed by atoms with Gasteiger partial charge in [0.2, 0.25) is 17.0 Å². The first-order valence-corrected chi connectivity index (χ1v) is 11.1. The summed E-state index contributed by atoms with van der Waals surface area (Å²) in [6.45, 7) is 5.51. The molecule has 1 heterocycles. The molecule has 3 N–H and O–H groups in total. The van der Waals surface area contributed by atoms with Crippen molar-refractivity contribution in [2.24, 2.45) is 12.5 Å². The summed E-state index contributed by atoms with van der Waals surface area (Å²) in [4.78, 5) is 36.7. The molecule has 0 atom stereocenters. The summed E-state index contributed by atoms with van der Waals surface area (Å²) in [5.74, 6) is -0.429. The topological polar surface area (TPSA) is 131 Å². The van der Waals surface area contributed by atoms with Gasteiger partial charge in [0, 0.05) is 35.1 Å². The second-order valence-corrected chi connectivity index (χ2v) is 9.18. The molecule has 1 aromatic heterocycles. The van der Waals surface area contributed by atoms with Crippen LogP contribution in [0, 0.1) is 5.41 Å². The van der Waals surface area contributed by atoms with Gasteiger partial charge in [0.1, 0.15) is 0 Å². The summed E-state index contributed by atoms with van der Waals surface area (Å²) in [5, 5.41) is 20.0. The lowest BCUT2D eigenvalue weighted by atomic mass is 9.95. The van der Waals surface area contributed by atoms with E-state index in [0.29, 0.717) is 27.8 Å². The molecule has 11 heteroatoms. The standard InChI is InChI=1S/C22H25N7O3S/c1-22(2,3)20(32)25-17-11-9-16(10-12-17)24-19(31)14-5-7-15(8-6-14)23-18(30)13-33-21-26-27-28-29(21)4/h5-12H,13H2,1-4H3,(H,23,30)(H,24,31)(H,25,32). The van der Waals surface area contributed by atoms with Crippen LogP contribution in [0.2, 0.25) is 0 Å². The summed E-state index contributed by atoms with van der Waals surface area (Å²) < 4.78 is 1.49. The zero-order valence-electron chi connectivity index (χ0n) is 18.7. The number of nitrogens with one attached hydrogen (secondary N) is 3. The average molecular weight is 468 g/mol. The first-order valence-electron chi connectivity index (χ1n) is 10.1. The molecule has 3 aromatic rings. The maximum atomic E-state index is 12.5. The quantitative estimate of drug-likeness (QED) is 0.455. The van der Waals surface area contributed by atoms with Gasteiger partial charge in [-0.3, -0.25) is 14.4 Å². The molecule has 0 spiro atoms. The summed E-state index contributed by atoms with van der Waals surface area (Å²) >= 11 is 1.22. The Balaban J connectivity index is 1.51. The highest BCUT2D eigenvalue weighted by molar-refractivity contribution is 7.99. The van der Waals surface area contributed by atoms with E-state index in [4.69, 9.17) is 0 Å². The van der Waals surface area contributed by atoms with Crippen LogP contribution in [0.25, 0.3) is 0 Å². The molecule has 2 aromatic carbocycles. The van der Waals surface area contributed by atoms with Crippen molar-refractivity contribution < 1.29 is 14.4 Å². The van der Waals surface area contributed by atoms with Gasteiger partial charge in [-0.25, -0.2) is 4.68 Å². The van der Waals surface area contributed by atoms with E-state index in [1.165, 1.54) is 16.4 Å². The SMILES string of the molecule is Cn1nnnc1SCC(=O)Nc1ccc(C(=O)Nc2ccc(NC(=O)C(C)(C)C)cc2)cc1. The van der Waals surface area contributed by atoms with E-state index in [2.05, 4.69) is 31.5 Å². The molecule has 0 saturated heterocycles. The number of anilines is 3.